The molecule has 0 unspecified atom stereocenters. The Bertz CT molecular complexity index is 929. The molecule has 0 aliphatic heterocycles. The molecule has 3 aromatic rings. The first-order valence-electron chi connectivity index (χ1n) is 7.79. The average Bonchev–Trinajstić information content (AvgIpc) is 2.64. The minimum absolute atomic E-state index is 0.271. The molecule has 0 fully saturated rings. The highest BCUT2D eigenvalue weighted by atomic mass is 35.5. The molecule has 1 heterocycles. The first-order chi connectivity index (χ1) is 12.5. The van der Waals surface area contributed by atoms with Crippen LogP contribution < -0.4 is 21.9 Å². The monoisotopic (exact) mass is 368 g/mol. The lowest BCUT2D eigenvalue weighted by Crippen LogP contribution is -2.30. The van der Waals surface area contributed by atoms with Crippen LogP contribution in [0.2, 0.25) is 5.02 Å². The van der Waals surface area contributed by atoms with E-state index in [0.29, 0.717) is 22.2 Å². The highest BCUT2D eigenvalue weighted by molar-refractivity contribution is 6.30. The van der Waals surface area contributed by atoms with Crippen LogP contribution in [0, 0.1) is 6.92 Å². The van der Waals surface area contributed by atoms with Gasteiger partial charge in [-0.05, 0) is 42.8 Å². The first kappa shape index (κ1) is 17.5. The molecule has 5 N–H and O–H groups in total. The Morgan fingerprint density at radius 3 is 2.46 bits per heavy atom. The number of nitrogens with one attached hydrogen (secondary N) is 3. The van der Waals surface area contributed by atoms with Gasteiger partial charge in [-0.25, -0.2) is 9.97 Å². The van der Waals surface area contributed by atoms with Gasteiger partial charge in [0.25, 0.3) is 5.91 Å². The Morgan fingerprint density at radius 2 is 1.73 bits per heavy atom. The third-order valence-electron chi connectivity index (χ3n) is 3.67. The molecular formula is C18H17ClN6O. The number of rotatable bonds is 5. The number of anilines is 4. The largest absolute Gasteiger partial charge is 0.393 e. The standard InChI is InChI=1S/C18H17ClN6O/c1-11-4-2-3-5-14(11)18(26)25-24-17-15(20)16(21-10-22-17)23-13-8-6-12(19)7-9-13/h2-10H,20H2,1H3,(H,25,26)(H2,21,22,23,24). The van der Waals surface area contributed by atoms with Crippen LogP contribution in [-0.2, 0) is 0 Å². The summed E-state index contributed by atoms with van der Waals surface area (Å²) < 4.78 is 0. The fourth-order valence-electron chi connectivity index (χ4n) is 2.28. The molecule has 8 heteroatoms. The number of hydrogen-bond donors (Lipinski definition) is 4. The number of hydrogen-bond acceptors (Lipinski definition) is 6. The van der Waals surface area contributed by atoms with Crippen molar-refractivity contribution in [3.8, 4) is 0 Å². The zero-order valence-electron chi connectivity index (χ0n) is 14.0. The van der Waals surface area contributed by atoms with Crippen molar-refractivity contribution in [2.24, 2.45) is 0 Å². The Morgan fingerprint density at radius 1 is 1.04 bits per heavy atom. The summed E-state index contributed by atoms with van der Waals surface area (Å²) in [5, 5.41) is 3.71. The number of halogens is 1. The molecule has 26 heavy (non-hydrogen) atoms. The Labute approximate surface area is 155 Å². The molecule has 0 atom stereocenters. The van der Waals surface area contributed by atoms with E-state index in [9.17, 15) is 4.79 Å². The van der Waals surface area contributed by atoms with E-state index in [1.54, 1.807) is 36.4 Å². The van der Waals surface area contributed by atoms with E-state index < -0.39 is 0 Å². The summed E-state index contributed by atoms with van der Waals surface area (Å²) in [6.45, 7) is 1.86. The summed E-state index contributed by atoms with van der Waals surface area (Å²) in [4.78, 5) is 20.5. The van der Waals surface area contributed by atoms with E-state index in [0.717, 1.165) is 11.3 Å². The fraction of sp³-hybridized carbons (Fsp3) is 0.0556. The predicted octanol–water partition coefficient (Wildman–Crippen LogP) is 3.52. The van der Waals surface area contributed by atoms with Gasteiger partial charge in [0, 0.05) is 16.3 Å². The van der Waals surface area contributed by atoms with Crippen LogP contribution in [0.3, 0.4) is 0 Å². The summed E-state index contributed by atoms with van der Waals surface area (Å²) in [6, 6.07) is 14.4. The maximum atomic E-state index is 12.3. The molecule has 0 saturated heterocycles. The second-order valence-corrected chi connectivity index (χ2v) is 5.95. The maximum Gasteiger partial charge on any atom is 0.269 e. The van der Waals surface area contributed by atoms with Crippen molar-refractivity contribution in [2.75, 3.05) is 16.5 Å². The molecule has 0 bridgehead atoms. The van der Waals surface area contributed by atoms with Crippen LogP contribution in [0.1, 0.15) is 15.9 Å². The Kier molecular flexibility index (Phi) is 5.19. The first-order valence-corrected chi connectivity index (χ1v) is 8.17. The summed E-state index contributed by atoms with van der Waals surface area (Å²) in [5.41, 5.74) is 13.9. The van der Waals surface area contributed by atoms with Crippen LogP contribution >= 0.6 is 11.6 Å². The van der Waals surface area contributed by atoms with Gasteiger partial charge in [0.1, 0.15) is 12.0 Å². The molecule has 3 rings (SSSR count). The summed E-state index contributed by atoms with van der Waals surface area (Å²) in [6.07, 6.45) is 1.34. The van der Waals surface area contributed by atoms with Crippen molar-refractivity contribution in [3.05, 3.63) is 71.0 Å². The number of aromatic nitrogens is 2. The van der Waals surface area contributed by atoms with E-state index >= 15 is 0 Å². The van der Waals surface area contributed by atoms with Crippen molar-refractivity contribution >= 4 is 40.5 Å². The highest BCUT2D eigenvalue weighted by Gasteiger charge is 2.11. The third kappa shape index (κ3) is 4.01. The van der Waals surface area contributed by atoms with Gasteiger partial charge in [-0.15, -0.1) is 0 Å². The number of amides is 1. The van der Waals surface area contributed by atoms with Gasteiger partial charge in [0.2, 0.25) is 0 Å². The molecule has 1 amide bonds. The average molecular weight is 369 g/mol. The number of carbonyl (C=O) groups is 1. The van der Waals surface area contributed by atoms with Crippen molar-refractivity contribution in [1.82, 2.24) is 15.4 Å². The van der Waals surface area contributed by atoms with E-state index in [-0.39, 0.29) is 11.6 Å². The summed E-state index contributed by atoms with van der Waals surface area (Å²) in [5.74, 6) is 0.418. The van der Waals surface area contributed by atoms with Crippen molar-refractivity contribution in [2.45, 2.75) is 6.92 Å². The van der Waals surface area contributed by atoms with Crippen LogP contribution in [-0.4, -0.2) is 15.9 Å². The van der Waals surface area contributed by atoms with Gasteiger partial charge in [0.15, 0.2) is 11.6 Å². The molecule has 0 radical (unpaired) electrons. The van der Waals surface area contributed by atoms with Crippen LogP contribution in [0.4, 0.5) is 23.0 Å². The second-order valence-electron chi connectivity index (χ2n) is 5.51. The lowest BCUT2D eigenvalue weighted by atomic mass is 10.1. The Balaban J connectivity index is 1.72. The van der Waals surface area contributed by atoms with Crippen molar-refractivity contribution in [3.63, 3.8) is 0 Å². The number of aryl methyl sites for hydroxylation is 1. The maximum absolute atomic E-state index is 12.3. The number of nitrogens with zero attached hydrogens (tertiary/aromatic N) is 2. The van der Waals surface area contributed by atoms with Crippen LogP contribution in [0.5, 0.6) is 0 Å². The molecule has 0 aliphatic carbocycles. The van der Waals surface area contributed by atoms with E-state index in [1.807, 2.05) is 19.1 Å². The molecule has 132 valence electrons. The minimum atomic E-state index is -0.284. The quantitative estimate of drug-likeness (QED) is 0.513. The van der Waals surface area contributed by atoms with E-state index in [4.69, 9.17) is 17.3 Å². The van der Waals surface area contributed by atoms with Crippen molar-refractivity contribution < 1.29 is 4.79 Å². The molecule has 7 nitrogen and oxygen atoms in total. The van der Waals surface area contributed by atoms with Gasteiger partial charge in [-0.1, -0.05) is 29.8 Å². The number of hydrazine groups is 1. The van der Waals surface area contributed by atoms with Gasteiger partial charge in [0.05, 0.1) is 0 Å². The number of benzene rings is 2. The summed E-state index contributed by atoms with van der Waals surface area (Å²) >= 11 is 5.88. The SMILES string of the molecule is Cc1ccccc1C(=O)NNc1ncnc(Nc2ccc(Cl)cc2)c1N. The third-order valence-corrected chi connectivity index (χ3v) is 3.93. The molecule has 2 aromatic carbocycles. The zero-order valence-corrected chi connectivity index (χ0v) is 14.7. The van der Waals surface area contributed by atoms with Gasteiger partial charge in [-0.2, -0.15) is 0 Å². The van der Waals surface area contributed by atoms with Gasteiger partial charge < -0.3 is 11.1 Å². The number of nitrogen functional groups attached to an aromatic ring is 1. The van der Waals surface area contributed by atoms with Gasteiger partial charge >= 0.3 is 0 Å². The Hall–Kier alpha value is -3.32. The molecule has 0 spiro atoms. The second kappa shape index (κ2) is 7.71. The molecule has 0 aliphatic rings. The number of nitrogens with two attached hydrogens (primary N) is 1. The minimum Gasteiger partial charge on any atom is -0.393 e. The number of carbonyl (C=O) groups excluding carboxylic acids is 1. The van der Waals surface area contributed by atoms with Gasteiger partial charge in [-0.3, -0.25) is 15.6 Å². The predicted molar refractivity (Wildman–Crippen MR) is 103 cm³/mol. The smallest absolute Gasteiger partial charge is 0.269 e. The lowest BCUT2D eigenvalue weighted by molar-refractivity contribution is 0.0962. The van der Waals surface area contributed by atoms with E-state index in [1.165, 1.54) is 6.33 Å². The molecule has 1 aromatic heterocycles. The molecular weight excluding hydrogens is 352 g/mol. The topological polar surface area (TPSA) is 105 Å². The summed E-state index contributed by atoms with van der Waals surface area (Å²) in [7, 11) is 0. The fourth-order valence-corrected chi connectivity index (χ4v) is 2.40. The molecule has 0 saturated carbocycles. The highest BCUT2D eigenvalue weighted by Crippen LogP contribution is 2.26. The van der Waals surface area contributed by atoms with Crippen molar-refractivity contribution in [1.29, 1.82) is 0 Å². The van der Waals surface area contributed by atoms with Crippen LogP contribution in [0.15, 0.2) is 54.9 Å². The zero-order chi connectivity index (χ0) is 18.5. The lowest BCUT2D eigenvalue weighted by Gasteiger charge is -2.13. The van der Waals surface area contributed by atoms with E-state index in [2.05, 4.69) is 26.1 Å². The normalized spacial score (nSPS) is 10.2. The van der Waals surface area contributed by atoms with Crippen LogP contribution in [0.25, 0.3) is 0 Å².